The topological polar surface area (TPSA) is 66.5 Å². The van der Waals surface area contributed by atoms with Gasteiger partial charge in [0.1, 0.15) is 6.54 Å². The number of carbonyl (C=O) groups is 1. The second-order valence-electron chi connectivity index (χ2n) is 7.01. The zero-order valence-corrected chi connectivity index (χ0v) is 17.5. The van der Waals surface area contributed by atoms with E-state index in [4.69, 9.17) is 0 Å². The van der Waals surface area contributed by atoms with Gasteiger partial charge in [0.05, 0.1) is 10.6 Å². The van der Waals surface area contributed by atoms with Crippen LogP contribution in [0, 0.1) is 20.8 Å². The third-order valence-electron chi connectivity index (χ3n) is 4.73. The predicted molar refractivity (Wildman–Crippen MR) is 117 cm³/mol. The van der Waals surface area contributed by atoms with Gasteiger partial charge in [0.15, 0.2) is 0 Å². The largest absolute Gasteiger partial charge is 0.325 e. The highest BCUT2D eigenvalue weighted by molar-refractivity contribution is 7.92. The molecule has 29 heavy (non-hydrogen) atoms. The minimum atomic E-state index is -3.90. The summed E-state index contributed by atoms with van der Waals surface area (Å²) in [4.78, 5) is 12.9. The van der Waals surface area contributed by atoms with Gasteiger partial charge in [0, 0.05) is 5.69 Å². The molecule has 0 fully saturated rings. The molecule has 0 bridgehead atoms. The van der Waals surface area contributed by atoms with Crippen molar-refractivity contribution in [2.75, 3.05) is 16.2 Å². The van der Waals surface area contributed by atoms with E-state index >= 15 is 0 Å². The maximum atomic E-state index is 13.3. The molecular formula is C23H24N2O3S. The molecule has 0 saturated heterocycles. The average molecular weight is 409 g/mol. The van der Waals surface area contributed by atoms with Crippen LogP contribution < -0.4 is 9.62 Å². The van der Waals surface area contributed by atoms with Crippen molar-refractivity contribution < 1.29 is 13.2 Å². The highest BCUT2D eigenvalue weighted by Gasteiger charge is 2.27. The van der Waals surface area contributed by atoms with Crippen LogP contribution in [0.3, 0.4) is 0 Å². The molecule has 0 aromatic heterocycles. The third-order valence-corrected chi connectivity index (χ3v) is 6.52. The lowest BCUT2D eigenvalue weighted by Gasteiger charge is -2.24. The summed E-state index contributed by atoms with van der Waals surface area (Å²) in [5.74, 6) is -0.409. The number of carbonyl (C=O) groups excluding carboxylic acids is 1. The van der Waals surface area contributed by atoms with E-state index in [0.717, 1.165) is 21.0 Å². The Morgan fingerprint density at radius 2 is 1.52 bits per heavy atom. The molecule has 3 rings (SSSR count). The molecule has 6 heteroatoms. The second kappa shape index (κ2) is 8.49. The first-order valence-electron chi connectivity index (χ1n) is 9.29. The number of nitrogens with zero attached hydrogens (tertiary/aromatic N) is 1. The highest BCUT2D eigenvalue weighted by Crippen LogP contribution is 2.24. The van der Waals surface area contributed by atoms with Crippen LogP contribution >= 0.6 is 0 Å². The fraction of sp³-hybridized carbons (Fsp3) is 0.174. The number of hydrogen-bond acceptors (Lipinski definition) is 3. The number of nitrogens with one attached hydrogen (secondary N) is 1. The van der Waals surface area contributed by atoms with Gasteiger partial charge >= 0.3 is 0 Å². The van der Waals surface area contributed by atoms with E-state index in [1.54, 1.807) is 30.3 Å². The van der Waals surface area contributed by atoms with Crippen molar-refractivity contribution in [3.05, 3.63) is 89.5 Å². The first kappa shape index (κ1) is 20.6. The quantitative estimate of drug-likeness (QED) is 0.655. The van der Waals surface area contributed by atoms with Gasteiger partial charge in [-0.1, -0.05) is 42.0 Å². The van der Waals surface area contributed by atoms with Crippen molar-refractivity contribution in [3.63, 3.8) is 0 Å². The summed E-state index contributed by atoms with van der Waals surface area (Å²) in [7, 11) is -3.90. The van der Waals surface area contributed by atoms with Gasteiger partial charge in [0.25, 0.3) is 10.0 Å². The molecular weight excluding hydrogens is 384 g/mol. The van der Waals surface area contributed by atoms with E-state index in [2.05, 4.69) is 5.32 Å². The molecule has 0 atom stereocenters. The van der Waals surface area contributed by atoms with Gasteiger partial charge in [-0.25, -0.2) is 8.42 Å². The molecule has 0 aliphatic heterocycles. The summed E-state index contributed by atoms with van der Waals surface area (Å²) in [5.41, 5.74) is 4.25. The predicted octanol–water partition coefficient (Wildman–Crippen LogP) is 4.45. The summed E-state index contributed by atoms with van der Waals surface area (Å²) < 4.78 is 27.6. The standard InChI is InChI=1S/C23H24N2O3S/c1-17-9-13-21(14-10-17)25(29(27,28)22-7-5-4-6-8-22)16-23(26)24-20-12-11-18(2)19(3)15-20/h4-15H,16H2,1-3H3,(H,24,26). The monoisotopic (exact) mass is 408 g/mol. The molecule has 1 amide bonds. The lowest BCUT2D eigenvalue weighted by molar-refractivity contribution is -0.114. The summed E-state index contributed by atoms with van der Waals surface area (Å²) in [6.07, 6.45) is 0. The van der Waals surface area contributed by atoms with E-state index in [9.17, 15) is 13.2 Å². The lowest BCUT2D eigenvalue weighted by atomic mass is 10.1. The van der Waals surface area contributed by atoms with Crippen molar-refractivity contribution in [2.24, 2.45) is 0 Å². The molecule has 0 saturated carbocycles. The Labute approximate surface area is 172 Å². The number of benzene rings is 3. The zero-order chi connectivity index (χ0) is 21.0. The number of hydrogen-bond donors (Lipinski definition) is 1. The van der Waals surface area contributed by atoms with Crippen LogP contribution in [-0.2, 0) is 14.8 Å². The van der Waals surface area contributed by atoms with Crippen molar-refractivity contribution in [1.82, 2.24) is 0 Å². The van der Waals surface area contributed by atoms with Crippen LogP contribution in [0.4, 0.5) is 11.4 Å². The molecule has 0 aliphatic rings. The third kappa shape index (κ3) is 4.84. The van der Waals surface area contributed by atoms with Gasteiger partial charge in [-0.2, -0.15) is 0 Å². The van der Waals surface area contributed by atoms with Crippen molar-refractivity contribution in [1.29, 1.82) is 0 Å². The van der Waals surface area contributed by atoms with Crippen LogP contribution in [0.15, 0.2) is 77.7 Å². The van der Waals surface area contributed by atoms with Gasteiger partial charge < -0.3 is 5.32 Å². The van der Waals surface area contributed by atoms with E-state index in [-0.39, 0.29) is 11.4 Å². The second-order valence-corrected chi connectivity index (χ2v) is 8.87. The molecule has 0 unspecified atom stereocenters. The minimum Gasteiger partial charge on any atom is -0.325 e. The Kier molecular flexibility index (Phi) is 6.03. The SMILES string of the molecule is Cc1ccc(N(CC(=O)Nc2ccc(C)c(C)c2)S(=O)(=O)c2ccccc2)cc1. The molecule has 0 aliphatic carbocycles. The first-order chi connectivity index (χ1) is 13.8. The molecule has 1 N–H and O–H groups in total. The smallest absolute Gasteiger partial charge is 0.264 e. The summed E-state index contributed by atoms with van der Waals surface area (Å²) >= 11 is 0. The van der Waals surface area contributed by atoms with E-state index in [1.807, 2.05) is 51.1 Å². The fourth-order valence-electron chi connectivity index (χ4n) is 2.90. The molecule has 150 valence electrons. The van der Waals surface area contributed by atoms with Crippen LogP contribution in [0.2, 0.25) is 0 Å². The Bertz CT molecular complexity index is 1110. The number of aryl methyl sites for hydroxylation is 3. The number of amides is 1. The summed E-state index contributed by atoms with van der Waals surface area (Å²) in [6.45, 7) is 5.55. The van der Waals surface area contributed by atoms with Crippen LogP contribution in [-0.4, -0.2) is 20.9 Å². The van der Waals surface area contributed by atoms with E-state index in [1.165, 1.54) is 12.1 Å². The highest BCUT2D eigenvalue weighted by atomic mass is 32.2. The van der Waals surface area contributed by atoms with Gasteiger partial charge in [-0.3, -0.25) is 9.10 Å². The van der Waals surface area contributed by atoms with E-state index in [0.29, 0.717) is 11.4 Å². The summed E-state index contributed by atoms with van der Waals surface area (Å²) in [6, 6.07) is 20.8. The first-order valence-corrected chi connectivity index (χ1v) is 10.7. The van der Waals surface area contributed by atoms with Gasteiger partial charge in [0.2, 0.25) is 5.91 Å². The summed E-state index contributed by atoms with van der Waals surface area (Å²) in [5, 5.41) is 2.80. The minimum absolute atomic E-state index is 0.138. The maximum absolute atomic E-state index is 13.3. The van der Waals surface area contributed by atoms with Gasteiger partial charge in [-0.15, -0.1) is 0 Å². The van der Waals surface area contributed by atoms with Crippen LogP contribution in [0.25, 0.3) is 0 Å². The van der Waals surface area contributed by atoms with Crippen LogP contribution in [0.5, 0.6) is 0 Å². The number of anilines is 2. The molecule has 0 heterocycles. The lowest BCUT2D eigenvalue weighted by Crippen LogP contribution is -2.38. The van der Waals surface area contributed by atoms with E-state index < -0.39 is 15.9 Å². The van der Waals surface area contributed by atoms with Crippen molar-refractivity contribution in [3.8, 4) is 0 Å². The Balaban J connectivity index is 1.92. The van der Waals surface area contributed by atoms with Crippen molar-refractivity contribution in [2.45, 2.75) is 25.7 Å². The molecule has 0 spiro atoms. The molecule has 3 aromatic carbocycles. The number of rotatable bonds is 6. The van der Waals surface area contributed by atoms with Gasteiger partial charge in [-0.05, 0) is 68.3 Å². The zero-order valence-electron chi connectivity index (χ0n) is 16.7. The Hall–Kier alpha value is -3.12. The molecule has 3 aromatic rings. The number of sulfonamides is 1. The molecule has 0 radical (unpaired) electrons. The van der Waals surface area contributed by atoms with Crippen molar-refractivity contribution >= 4 is 27.3 Å². The Morgan fingerprint density at radius 1 is 0.862 bits per heavy atom. The maximum Gasteiger partial charge on any atom is 0.264 e. The molecule has 5 nitrogen and oxygen atoms in total. The normalized spacial score (nSPS) is 11.1. The fourth-order valence-corrected chi connectivity index (χ4v) is 4.34. The average Bonchev–Trinajstić information content (AvgIpc) is 2.70. The Morgan fingerprint density at radius 3 is 2.14 bits per heavy atom. The van der Waals surface area contributed by atoms with Crippen LogP contribution in [0.1, 0.15) is 16.7 Å².